The molecule has 0 saturated heterocycles. The summed E-state index contributed by atoms with van der Waals surface area (Å²) in [7, 11) is 0. The zero-order valence-corrected chi connectivity index (χ0v) is 26.3. The third-order valence-electron chi connectivity index (χ3n) is 8.05. The molecule has 10 bridgehead atoms. The topological polar surface area (TPSA) is 96.9 Å². The summed E-state index contributed by atoms with van der Waals surface area (Å²) in [5, 5.41) is 5.79. The van der Waals surface area contributed by atoms with Crippen molar-refractivity contribution in [1.29, 1.82) is 0 Å². The number of aromatic nitrogens is 3. The largest absolute Gasteiger partial charge is 0.311 e. The quantitative estimate of drug-likeness (QED) is 0.195. The van der Waals surface area contributed by atoms with Gasteiger partial charge in [0, 0.05) is 18.3 Å². The second-order valence-corrected chi connectivity index (χ2v) is 11.8. The summed E-state index contributed by atoms with van der Waals surface area (Å²) in [6, 6.07) is 33.0. The van der Waals surface area contributed by atoms with Crippen LogP contribution in [0.2, 0.25) is 0 Å². The molecule has 2 aromatic carbocycles. The van der Waals surface area contributed by atoms with Crippen molar-refractivity contribution in [3.05, 3.63) is 148 Å². The molecule has 3 aliphatic rings. The van der Waals surface area contributed by atoms with Crippen LogP contribution in [0.5, 0.6) is 0 Å². The number of carbonyl (C=O) groups is 2. The molecule has 8 rings (SSSR count). The van der Waals surface area contributed by atoms with Crippen LogP contribution in [0.3, 0.4) is 0 Å². The van der Waals surface area contributed by atoms with Crippen LogP contribution in [0, 0.1) is 23.7 Å². The summed E-state index contributed by atoms with van der Waals surface area (Å²) in [4.78, 5) is 39.0. The number of fused-ring (bicyclic) bond motifs is 2. The molecule has 0 atom stereocenters. The van der Waals surface area contributed by atoms with Crippen molar-refractivity contribution in [3.63, 3.8) is 0 Å². The van der Waals surface area contributed by atoms with Gasteiger partial charge in [-0.05, 0) is 95.2 Å². The van der Waals surface area contributed by atoms with E-state index in [1.54, 1.807) is 36.4 Å². The number of anilines is 2. The van der Waals surface area contributed by atoms with Crippen LogP contribution >= 0.6 is 0 Å². The fraction of sp³-hybridized carbons (Fsp3) is 0.175. The van der Waals surface area contributed by atoms with Crippen molar-refractivity contribution in [2.45, 2.75) is 44.9 Å². The molecule has 7 heteroatoms. The second-order valence-electron chi connectivity index (χ2n) is 11.8. The minimum atomic E-state index is -0.219. The molecular formula is C40H33N5O2. The fourth-order valence-electron chi connectivity index (χ4n) is 5.25. The molecular weight excluding hydrogens is 582 g/mol. The number of nitrogens with zero attached hydrogens (tertiary/aromatic N) is 3. The van der Waals surface area contributed by atoms with E-state index in [0.717, 1.165) is 11.1 Å². The number of pyridine rings is 3. The van der Waals surface area contributed by atoms with Crippen LogP contribution in [-0.2, 0) is 27.8 Å². The number of benzene rings is 2. The molecule has 47 heavy (non-hydrogen) atoms. The number of nitrogens with one attached hydrogen (secondary N) is 2. The zero-order chi connectivity index (χ0) is 32.6. The number of carbonyl (C=O) groups excluding carboxylic acids is 2. The summed E-state index contributed by atoms with van der Waals surface area (Å²) in [6.45, 7) is 4.40. The van der Waals surface area contributed by atoms with Crippen LogP contribution in [0.4, 0.5) is 11.6 Å². The Morgan fingerprint density at radius 2 is 0.851 bits per heavy atom. The van der Waals surface area contributed by atoms with Crippen molar-refractivity contribution in [2.75, 3.05) is 10.6 Å². The third kappa shape index (κ3) is 8.16. The lowest BCUT2D eigenvalue weighted by molar-refractivity contribution is -0.117. The molecule has 0 radical (unpaired) electrons. The van der Waals surface area contributed by atoms with Gasteiger partial charge < -0.3 is 10.6 Å². The molecule has 2 amide bonds. The maximum atomic E-state index is 12.8. The molecule has 0 spiro atoms. The van der Waals surface area contributed by atoms with Gasteiger partial charge in [-0.25, -0.2) is 15.0 Å². The maximum absolute atomic E-state index is 12.8. The van der Waals surface area contributed by atoms with Gasteiger partial charge in [0.2, 0.25) is 11.8 Å². The fourth-order valence-corrected chi connectivity index (χ4v) is 5.25. The van der Waals surface area contributed by atoms with E-state index in [1.165, 1.54) is 11.1 Å². The highest BCUT2D eigenvalue weighted by molar-refractivity contribution is 5.90. The van der Waals surface area contributed by atoms with Crippen molar-refractivity contribution in [2.24, 2.45) is 0 Å². The Morgan fingerprint density at radius 1 is 0.489 bits per heavy atom. The SMILES string of the molecule is CC1(C)c2ccc(cc2)CCC(=O)Nc2cccc(n2)C#Cc2cccc(n2)C#Cc2cccc(n2)NC(=O)CCc2ccc1cc2. The normalized spacial score (nSPS) is 14.4. The summed E-state index contributed by atoms with van der Waals surface area (Å²) in [6.07, 6.45) is 1.88. The maximum Gasteiger partial charge on any atom is 0.225 e. The number of amides is 2. The first-order chi connectivity index (χ1) is 22.8. The summed E-state index contributed by atoms with van der Waals surface area (Å²) in [5.41, 5.74) is 6.40. The van der Waals surface area contributed by atoms with Crippen LogP contribution in [-0.4, -0.2) is 26.8 Å². The van der Waals surface area contributed by atoms with Gasteiger partial charge in [-0.3, -0.25) is 9.59 Å². The molecule has 3 aromatic heterocycles. The Morgan fingerprint density at radius 3 is 1.26 bits per heavy atom. The Labute approximate surface area is 274 Å². The molecule has 5 aromatic rings. The molecule has 6 heterocycles. The molecule has 0 aliphatic carbocycles. The van der Waals surface area contributed by atoms with E-state index in [2.05, 4.69) is 112 Å². The standard InChI is InChI=1S/C40H33N5O2/c1-40(2)30-18-12-28(13-19-30)16-26-38(46)44-36-10-4-8-34(42-36)24-22-32-6-3-7-33(41-32)23-25-35-9-5-11-37(43-35)45-39(47)27-17-29-14-20-31(40)21-15-29/h3-15,18-21H,16-17,26-27H2,1-2H3,(H,42,44,46)(H,43,45,47). The molecule has 2 N–H and O–H groups in total. The lowest BCUT2D eigenvalue weighted by Gasteiger charge is -2.26. The van der Waals surface area contributed by atoms with Gasteiger partial charge in [0.05, 0.1) is 0 Å². The van der Waals surface area contributed by atoms with E-state index >= 15 is 0 Å². The van der Waals surface area contributed by atoms with Gasteiger partial charge in [-0.2, -0.15) is 0 Å². The highest BCUT2D eigenvalue weighted by Gasteiger charge is 2.23. The number of hydrogen-bond donors (Lipinski definition) is 2. The van der Waals surface area contributed by atoms with E-state index in [0.29, 0.717) is 60.1 Å². The zero-order valence-electron chi connectivity index (χ0n) is 26.3. The lowest BCUT2D eigenvalue weighted by atomic mass is 9.77. The predicted molar refractivity (Wildman–Crippen MR) is 184 cm³/mol. The highest BCUT2D eigenvalue weighted by atomic mass is 16.2. The molecule has 0 saturated carbocycles. The lowest BCUT2D eigenvalue weighted by Crippen LogP contribution is -2.19. The average molecular weight is 616 g/mol. The first-order valence-electron chi connectivity index (χ1n) is 15.5. The summed E-state index contributed by atoms with van der Waals surface area (Å²) in [5.74, 6) is 12.8. The van der Waals surface area contributed by atoms with Crippen molar-refractivity contribution >= 4 is 23.5 Å². The Kier molecular flexibility index (Phi) is 9.18. The van der Waals surface area contributed by atoms with E-state index in [9.17, 15) is 9.59 Å². The van der Waals surface area contributed by atoms with Crippen LogP contribution in [0.1, 0.15) is 71.7 Å². The van der Waals surface area contributed by atoms with E-state index in [4.69, 9.17) is 0 Å². The smallest absolute Gasteiger partial charge is 0.225 e. The molecule has 0 unspecified atom stereocenters. The van der Waals surface area contributed by atoms with Gasteiger partial charge in [0.1, 0.15) is 34.4 Å². The summed E-state index contributed by atoms with van der Waals surface area (Å²) < 4.78 is 0. The minimum Gasteiger partial charge on any atom is -0.311 e. The Bertz CT molecular complexity index is 1920. The van der Waals surface area contributed by atoms with Crippen molar-refractivity contribution in [1.82, 2.24) is 15.0 Å². The van der Waals surface area contributed by atoms with E-state index in [-0.39, 0.29) is 17.2 Å². The number of rotatable bonds is 0. The summed E-state index contributed by atoms with van der Waals surface area (Å²) >= 11 is 0. The van der Waals surface area contributed by atoms with Crippen LogP contribution in [0.15, 0.2) is 103 Å². The molecule has 3 aliphatic heterocycles. The van der Waals surface area contributed by atoms with Crippen LogP contribution < -0.4 is 10.6 Å². The average Bonchev–Trinajstić information content (AvgIpc) is 3.09. The number of aryl methyl sites for hydroxylation is 2. The monoisotopic (exact) mass is 615 g/mol. The predicted octanol–water partition coefficient (Wildman–Crippen LogP) is 6.45. The van der Waals surface area contributed by atoms with E-state index < -0.39 is 0 Å². The van der Waals surface area contributed by atoms with Crippen molar-refractivity contribution in [3.8, 4) is 23.7 Å². The molecule has 0 fully saturated rings. The van der Waals surface area contributed by atoms with Gasteiger partial charge >= 0.3 is 0 Å². The first-order valence-corrected chi connectivity index (χ1v) is 15.5. The highest BCUT2D eigenvalue weighted by Crippen LogP contribution is 2.32. The van der Waals surface area contributed by atoms with Gasteiger partial charge in [-0.15, -0.1) is 0 Å². The van der Waals surface area contributed by atoms with Crippen molar-refractivity contribution < 1.29 is 9.59 Å². The van der Waals surface area contributed by atoms with Crippen LogP contribution in [0.25, 0.3) is 0 Å². The minimum absolute atomic E-state index is 0.114. The van der Waals surface area contributed by atoms with E-state index in [1.807, 2.05) is 18.2 Å². The molecule has 7 nitrogen and oxygen atoms in total. The third-order valence-corrected chi connectivity index (χ3v) is 8.05. The Balaban J connectivity index is 1.27. The van der Waals surface area contributed by atoms with Gasteiger partial charge in [-0.1, -0.05) is 80.6 Å². The number of hydrogen-bond acceptors (Lipinski definition) is 5. The first kappa shape index (κ1) is 31.0. The van der Waals surface area contributed by atoms with Gasteiger partial charge in [0.25, 0.3) is 0 Å². The second kappa shape index (κ2) is 13.9. The van der Waals surface area contributed by atoms with Gasteiger partial charge in [0.15, 0.2) is 0 Å². The Hall–Kier alpha value is -6.05. The molecule has 230 valence electrons.